The highest BCUT2D eigenvalue weighted by atomic mass is 35.5. The van der Waals surface area contributed by atoms with Gasteiger partial charge < -0.3 is 10.5 Å². The summed E-state index contributed by atoms with van der Waals surface area (Å²) >= 11 is 6.06. The van der Waals surface area contributed by atoms with Crippen molar-refractivity contribution >= 4 is 17.3 Å². The van der Waals surface area contributed by atoms with E-state index >= 15 is 0 Å². The van der Waals surface area contributed by atoms with E-state index in [1.54, 1.807) is 12.1 Å². The number of rotatable bonds is 3. The second-order valence-corrected chi connectivity index (χ2v) is 4.95. The number of anilines is 1. The number of ether oxygens (including phenoxy) is 1. The van der Waals surface area contributed by atoms with Crippen LogP contribution in [0.25, 0.3) is 0 Å². The van der Waals surface area contributed by atoms with E-state index in [0.29, 0.717) is 10.8 Å². The molecule has 0 atom stereocenters. The minimum absolute atomic E-state index is 0.0929. The summed E-state index contributed by atoms with van der Waals surface area (Å²) in [5.41, 5.74) is 7.23. The van der Waals surface area contributed by atoms with Gasteiger partial charge in [0.05, 0.1) is 5.56 Å². The summed E-state index contributed by atoms with van der Waals surface area (Å²) in [4.78, 5) is 0. The lowest BCUT2D eigenvalue weighted by molar-refractivity contribution is 0.148. The normalized spacial score (nSPS) is 10.9. The van der Waals surface area contributed by atoms with Crippen LogP contribution in [0.5, 0.6) is 11.5 Å². The van der Waals surface area contributed by atoms with Crippen LogP contribution in [0.2, 0.25) is 5.02 Å². The number of alkyl halides is 2. The maximum absolute atomic E-state index is 13.0. The number of halogens is 3. The van der Waals surface area contributed by atoms with Crippen LogP contribution >= 0.6 is 11.6 Å². The molecule has 0 saturated carbocycles. The van der Waals surface area contributed by atoms with E-state index in [2.05, 4.69) is 0 Å². The lowest BCUT2D eigenvalue weighted by Crippen LogP contribution is -1.96. The van der Waals surface area contributed by atoms with Crippen LogP contribution in [0.4, 0.5) is 14.5 Å². The molecule has 0 saturated heterocycles. The van der Waals surface area contributed by atoms with E-state index in [1.165, 1.54) is 18.2 Å². The molecule has 2 N–H and O–H groups in total. The number of nitrogen functional groups attached to an aromatic ring is 1. The molecule has 0 fully saturated rings. The molecule has 0 aromatic heterocycles. The first-order valence-electron chi connectivity index (χ1n) is 6.00. The van der Waals surface area contributed by atoms with Crippen LogP contribution in [0.3, 0.4) is 0 Å². The summed E-state index contributed by atoms with van der Waals surface area (Å²) in [7, 11) is 0. The number of hydrogen-bond donors (Lipinski definition) is 1. The first-order chi connectivity index (χ1) is 9.38. The predicted octanol–water partition coefficient (Wildman–Crippen LogP) is 5.27. The zero-order valence-electron chi connectivity index (χ0n) is 11.1. The summed E-state index contributed by atoms with van der Waals surface area (Å²) in [5.74, 6) is 0.561. The number of aryl methyl sites for hydroxylation is 2. The average molecular weight is 298 g/mol. The monoisotopic (exact) mass is 297 g/mol. The van der Waals surface area contributed by atoms with Crippen LogP contribution < -0.4 is 10.5 Å². The van der Waals surface area contributed by atoms with Crippen molar-refractivity contribution in [2.45, 2.75) is 20.3 Å². The Hall–Kier alpha value is -1.81. The van der Waals surface area contributed by atoms with Gasteiger partial charge in [0.1, 0.15) is 11.5 Å². The smallest absolute Gasteiger partial charge is 0.267 e. The Balaban J connectivity index is 2.40. The molecule has 0 radical (unpaired) electrons. The number of nitrogens with two attached hydrogens (primary N) is 1. The molecule has 2 rings (SSSR count). The van der Waals surface area contributed by atoms with E-state index in [0.717, 1.165) is 11.1 Å². The first kappa shape index (κ1) is 14.6. The lowest BCUT2D eigenvalue weighted by Gasteiger charge is -2.13. The fourth-order valence-corrected chi connectivity index (χ4v) is 2.03. The third-order valence-corrected chi connectivity index (χ3v) is 3.50. The van der Waals surface area contributed by atoms with Crippen LogP contribution in [0, 0.1) is 13.8 Å². The van der Waals surface area contributed by atoms with Crippen molar-refractivity contribution in [3.8, 4) is 11.5 Å². The van der Waals surface area contributed by atoms with Crippen molar-refractivity contribution in [2.75, 3.05) is 5.73 Å². The average Bonchev–Trinajstić information content (AvgIpc) is 2.37. The molecule has 0 spiro atoms. The van der Waals surface area contributed by atoms with Crippen molar-refractivity contribution in [1.82, 2.24) is 0 Å². The zero-order valence-corrected chi connectivity index (χ0v) is 11.8. The fourth-order valence-electron chi connectivity index (χ4n) is 1.92. The molecule has 2 nitrogen and oxygen atoms in total. The maximum Gasteiger partial charge on any atom is 0.267 e. The molecule has 2 aromatic carbocycles. The van der Waals surface area contributed by atoms with E-state index in [4.69, 9.17) is 22.1 Å². The Bertz CT molecular complexity index is 621. The molecule has 0 unspecified atom stereocenters. The van der Waals surface area contributed by atoms with Gasteiger partial charge in [-0.05, 0) is 55.3 Å². The van der Waals surface area contributed by atoms with E-state index in [9.17, 15) is 8.78 Å². The van der Waals surface area contributed by atoms with Gasteiger partial charge in [0.25, 0.3) is 6.43 Å². The van der Waals surface area contributed by atoms with Crippen LogP contribution in [-0.2, 0) is 0 Å². The SMILES string of the molecule is Cc1cc(Oc2ccc(N)cc2C(F)F)cc(C)c1Cl. The third kappa shape index (κ3) is 3.02. The number of benzene rings is 2. The molecule has 0 amide bonds. The topological polar surface area (TPSA) is 35.2 Å². The molecular formula is C15H14ClF2NO. The van der Waals surface area contributed by atoms with Crippen molar-refractivity contribution in [3.05, 3.63) is 52.0 Å². The molecule has 0 aliphatic carbocycles. The highest BCUT2D eigenvalue weighted by molar-refractivity contribution is 6.32. The molecular weight excluding hydrogens is 284 g/mol. The Kier molecular flexibility index (Phi) is 4.14. The van der Waals surface area contributed by atoms with E-state index in [1.807, 2.05) is 13.8 Å². The van der Waals surface area contributed by atoms with Crippen molar-refractivity contribution in [3.63, 3.8) is 0 Å². The summed E-state index contributed by atoms with van der Waals surface area (Å²) in [5, 5.41) is 0.642. The Labute approximate surface area is 121 Å². The molecule has 0 heterocycles. The Morgan fingerprint density at radius 1 is 1.10 bits per heavy atom. The summed E-state index contributed by atoms with van der Waals surface area (Å²) < 4.78 is 31.5. The van der Waals surface area contributed by atoms with Crippen LogP contribution in [-0.4, -0.2) is 0 Å². The maximum atomic E-state index is 13.0. The minimum Gasteiger partial charge on any atom is -0.457 e. The van der Waals surface area contributed by atoms with Gasteiger partial charge in [0.2, 0.25) is 0 Å². The first-order valence-corrected chi connectivity index (χ1v) is 6.38. The second kappa shape index (κ2) is 5.67. The quantitative estimate of drug-likeness (QED) is 0.783. The van der Waals surface area contributed by atoms with Gasteiger partial charge in [-0.1, -0.05) is 11.6 Å². The molecule has 5 heteroatoms. The van der Waals surface area contributed by atoms with Gasteiger partial charge in [-0.15, -0.1) is 0 Å². The van der Waals surface area contributed by atoms with Crippen LogP contribution in [0.1, 0.15) is 23.1 Å². The second-order valence-electron chi connectivity index (χ2n) is 4.57. The standard InChI is InChI=1S/C15H14ClF2NO/c1-8-5-11(6-9(2)14(8)16)20-13-4-3-10(19)7-12(13)15(17)18/h3-7,15H,19H2,1-2H3. The van der Waals surface area contributed by atoms with Gasteiger partial charge in [-0.3, -0.25) is 0 Å². The minimum atomic E-state index is -2.65. The largest absolute Gasteiger partial charge is 0.457 e. The molecule has 20 heavy (non-hydrogen) atoms. The van der Waals surface area contributed by atoms with Gasteiger partial charge in [-0.25, -0.2) is 8.78 Å². The van der Waals surface area contributed by atoms with Crippen LogP contribution in [0.15, 0.2) is 30.3 Å². The summed E-state index contributed by atoms with van der Waals surface area (Å²) in [6.07, 6.45) is -2.65. The third-order valence-electron chi connectivity index (χ3n) is 2.91. The van der Waals surface area contributed by atoms with E-state index in [-0.39, 0.29) is 17.0 Å². The lowest BCUT2D eigenvalue weighted by atomic mass is 10.1. The zero-order chi connectivity index (χ0) is 14.9. The molecule has 0 bridgehead atoms. The Morgan fingerprint density at radius 3 is 2.25 bits per heavy atom. The van der Waals surface area contributed by atoms with Crippen molar-refractivity contribution in [1.29, 1.82) is 0 Å². The molecule has 106 valence electrons. The highest BCUT2D eigenvalue weighted by Gasteiger charge is 2.15. The van der Waals surface area contributed by atoms with Gasteiger partial charge >= 0.3 is 0 Å². The molecule has 2 aromatic rings. The fraction of sp³-hybridized carbons (Fsp3) is 0.200. The van der Waals surface area contributed by atoms with Crippen molar-refractivity contribution < 1.29 is 13.5 Å². The Morgan fingerprint density at radius 2 is 1.70 bits per heavy atom. The van der Waals surface area contributed by atoms with Crippen molar-refractivity contribution in [2.24, 2.45) is 0 Å². The van der Waals surface area contributed by atoms with Gasteiger partial charge in [0, 0.05) is 10.7 Å². The number of hydrogen-bond acceptors (Lipinski definition) is 2. The molecule has 0 aliphatic heterocycles. The summed E-state index contributed by atoms with van der Waals surface area (Å²) in [6.45, 7) is 3.67. The van der Waals surface area contributed by atoms with Gasteiger partial charge in [-0.2, -0.15) is 0 Å². The van der Waals surface area contributed by atoms with Gasteiger partial charge in [0.15, 0.2) is 0 Å². The highest BCUT2D eigenvalue weighted by Crippen LogP contribution is 2.35. The predicted molar refractivity (Wildman–Crippen MR) is 76.8 cm³/mol. The van der Waals surface area contributed by atoms with E-state index < -0.39 is 6.43 Å². The summed E-state index contributed by atoms with van der Waals surface area (Å²) in [6, 6.07) is 7.60. The molecule has 0 aliphatic rings.